The Balaban J connectivity index is 2.77. The molecular formula is C15H26N2. The molecule has 0 saturated heterocycles. The quantitative estimate of drug-likeness (QED) is 0.820. The highest BCUT2D eigenvalue weighted by molar-refractivity contribution is 5.26. The zero-order valence-corrected chi connectivity index (χ0v) is 11.6. The van der Waals surface area contributed by atoms with Gasteiger partial charge in [0.2, 0.25) is 0 Å². The second kappa shape index (κ2) is 6.77. The molecule has 0 aliphatic rings. The van der Waals surface area contributed by atoms with Crippen LogP contribution in [0, 0.1) is 0 Å². The molecule has 0 radical (unpaired) electrons. The second-order valence-corrected chi connectivity index (χ2v) is 5.11. The van der Waals surface area contributed by atoms with Crippen molar-refractivity contribution < 1.29 is 0 Å². The molecule has 2 nitrogen and oxygen atoms in total. The lowest BCUT2D eigenvalue weighted by Crippen LogP contribution is -2.35. The van der Waals surface area contributed by atoms with Crippen LogP contribution in [0.5, 0.6) is 0 Å². The van der Waals surface area contributed by atoms with Crippen LogP contribution in [0.25, 0.3) is 0 Å². The number of unbranched alkanes of at least 4 members (excludes halogenated alkanes) is 1. The van der Waals surface area contributed by atoms with Crippen LogP contribution in [0.2, 0.25) is 0 Å². The smallest absolute Gasteiger partial charge is 0.0491 e. The number of nitrogens with two attached hydrogens (primary N) is 1. The fourth-order valence-corrected chi connectivity index (χ4v) is 2.33. The fraction of sp³-hybridized carbons (Fsp3) is 0.600. The molecule has 0 fully saturated rings. The fourth-order valence-electron chi connectivity index (χ4n) is 2.33. The monoisotopic (exact) mass is 234 g/mol. The minimum atomic E-state index is 0.145. The van der Waals surface area contributed by atoms with E-state index in [0.717, 1.165) is 0 Å². The lowest BCUT2D eigenvalue weighted by molar-refractivity contribution is 0.266. The molecule has 1 aromatic carbocycles. The van der Waals surface area contributed by atoms with Gasteiger partial charge in [-0.3, -0.25) is 0 Å². The molecule has 0 aliphatic heterocycles. The Bertz CT molecular complexity index is 306. The van der Waals surface area contributed by atoms with Gasteiger partial charge in [-0.25, -0.2) is 0 Å². The van der Waals surface area contributed by atoms with Crippen LogP contribution in [0.15, 0.2) is 24.3 Å². The van der Waals surface area contributed by atoms with Gasteiger partial charge >= 0.3 is 0 Å². The first kappa shape index (κ1) is 14.2. The van der Waals surface area contributed by atoms with Crippen molar-refractivity contribution in [2.24, 2.45) is 5.73 Å². The molecule has 0 heterocycles. The summed E-state index contributed by atoms with van der Waals surface area (Å²) in [7, 11) is 4.16. The summed E-state index contributed by atoms with van der Waals surface area (Å²) in [5.74, 6) is 0. The number of hydrogen-bond donors (Lipinski definition) is 1. The molecule has 1 aromatic rings. The van der Waals surface area contributed by atoms with Crippen molar-refractivity contribution in [1.82, 2.24) is 4.90 Å². The van der Waals surface area contributed by atoms with Gasteiger partial charge in [-0.2, -0.15) is 0 Å². The lowest BCUT2D eigenvalue weighted by Gasteiger charge is -2.28. The number of likely N-dealkylation sites (N-methyl/N-ethyl adjacent to an activating group) is 1. The SMILES string of the molecule is CCCCc1ccc(C(C(C)N)N(C)C)cc1. The van der Waals surface area contributed by atoms with Crippen LogP contribution < -0.4 is 5.73 Å². The minimum absolute atomic E-state index is 0.145. The first-order valence-electron chi connectivity index (χ1n) is 6.57. The molecule has 2 N–H and O–H groups in total. The van der Waals surface area contributed by atoms with Crippen LogP contribution >= 0.6 is 0 Å². The summed E-state index contributed by atoms with van der Waals surface area (Å²) < 4.78 is 0. The molecule has 2 atom stereocenters. The zero-order valence-electron chi connectivity index (χ0n) is 11.6. The van der Waals surface area contributed by atoms with E-state index < -0.39 is 0 Å². The average Bonchev–Trinajstić information content (AvgIpc) is 2.27. The Kier molecular flexibility index (Phi) is 5.66. The van der Waals surface area contributed by atoms with Crippen molar-refractivity contribution in [1.29, 1.82) is 0 Å². The zero-order chi connectivity index (χ0) is 12.8. The minimum Gasteiger partial charge on any atom is -0.326 e. The lowest BCUT2D eigenvalue weighted by atomic mass is 9.97. The van der Waals surface area contributed by atoms with Crippen LogP contribution in [-0.4, -0.2) is 25.0 Å². The van der Waals surface area contributed by atoms with Crippen molar-refractivity contribution in [2.75, 3.05) is 14.1 Å². The van der Waals surface area contributed by atoms with E-state index in [1.165, 1.54) is 30.4 Å². The normalized spacial score (nSPS) is 14.9. The van der Waals surface area contributed by atoms with Gasteiger partial charge in [0.1, 0.15) is 0 Å². The number of aryl methyl sites for hydroxylation is 1. The summed E-state index contributed by atoms with van der Waals surface area (Å²) in [6.45, 7) is 4.29. The number of hydrogen-bond acceptors (Lipinski definition) is 2. The van der Waals surface area contributed by atoms with E-state index >= 15 is 0 Å². The molecule has 2 unspecified atom stereocenters. The Morgan fingerprint density at radius 2 is 1.76 bits per heavy atom. The molecule has 1 rings (SSSR count). The molecule has 0 spiro atoms. The van der Waals surface area contributed by atoms with Gasteiger partial charge < -0.3 is 10.6 Å². The van der Waals surface area contributed by atoms with E-state index in [9.17, 15) is 0 Å². The van der Waals surface area contributed by atoms with E-state index in [1.807, 2.05) is 0 Å². The maximum atomic E-state index is 6.05. The third-order valence-electron chi connectivity index (χ3n) is 3.19. The molecule has 0 aromatic heterocycles. The summed E-state index contributed by atoms with van der Waals surface area (Å²) in [5, 5.41) is 0. The van der Waals surface area contributed by atoms with Crippen LogP contribution in [-0.2, 0) is 6.42 Å². The number of nitrogens with zero attached hydrogens (tertiary/aromatic N) is 1. The summed E-state index contributed by atoms with van der Waals surface area (Å²) in [6.07, 6.45) is 3.70. The molecule has 0 amide bonds. The third kappa shape index (κ3) is 4.14. The van der Waals surface area contributed by atoms with E-state index in [2.05, 4.69) is 57.1 Å². The predicted molar refractivity (Wildman–Crippen MR) is 75.1 cm³/mol. The Morgan fingerprint density at radius 3 is 2.18 bits per heavy atom. The molecule has 0 saturated carbocycles. The van der Waals surface area contributed by atoms with E-state index in [0.29, 0.717) is 6.04 Å². The van der Waals surface area contributed by atoms with Gasteiger partial charge in [0, 0.05) is 12.1 Å². The maximum absolute atomic E-state index is 6.05. The Hall–Kier alpha value is -0.860. The molecular weight excluding hydrogens is 208 g/mol. The van der Waals surface area contributed by atoms with Gasteiger partial charge in [0.05, 0.1) is 0 Å². The van der Waals surface area contributed by atoms with Crippen LogP contribution in [0.4, 0.5) is 0 Å². The van der Waals surface area contributed by atoms with Crippen molar-refractivity contribution >= 4 is 0 Å². The first-order valence-corrected chi connectivity index (χ1v) is 6.57. The van der Waals surface area contributed by atoms with Crippen molar-refractivity contribution in [2.45, 2.75) is 45.2 Å². The van der Waals surface area contributed by atoms with Crippen molar-refractivity contribution in [3.05, 3.63) is 35.4 Å². The van der Waals surface area contributed by atoms with Gasteiger partial charge in [-0.15, -0.1) is 0 Å². The summed E-state index contributed by atoms with van der Waals surface area (Å²) in [5.41, 5.74) is 8.79. The van der Waals surface area contributed by atoms with Gasteiger partial charge in [-0.1, -0.05) is 37.6 Å². The van der Waals surface area contributed by atoms with Crippen LogP contribution in [0.1, 0.15) is 43.9 Å². The summed E-state index contributed by atoms with van der Waals surface area (Å²) in [6, 6.07) is 9.37. The van der Waals surface area contributed by atoms with Crippen LogP contribution in [0.3, 0.4) is 0 Å². The standard InChI is InChI=1S/C15H26N2/c1-5-6-7-13-8-10-14(11-9-13)15(12(2)16)17(3)4/h8-12,15H,5-7,16H2,1-4H3. The Morgan fingerprint density at radius 1 is 1.18 bits per heavy atom. The van der Waals surface area contributed by atoms with E-state index in [4.69, 9.17) is 5.73 Å². The summed E-state index contributed by atoms with van der Waals surface area (Å²) in [4.78, 5) is 2.19. The van der Waals surface area contributed by atoms with E-state index in [1.54, 1.807) is 0 Å². The molecule has 17 heavy (non-hydrogen) atoms. The van der Waals surface area contributed by atoms with Gasteiger partial charge in [-0.05, 0) is 45.0 Å². The first-order chi connectivity index (χ1) is 8.06. The molecule has 2 heteroatoms. The van der Waals surface area contributed by atoms with E-state index in [-0.39, 0.29) is 6.04 Å². The number of rotatable bonds is 6. The predicted octanol–water partition coefficient (Wildman–Crippen LogP) is 2.98. The van der Waals surface area contributed by atoms with Crippen molar-refractivity contribution in [3.63, 3.8) is 0 Å². The van der Waals surface area contributed by atoms with Gasteiger partial charge in [0.25, 0.3) is 0 Å². The largest absolute Gasteiger partial charge is 0.326 e. The summed E-state index contributed by atoms with van der Waals surface area (Å²) >= 11 is 0. The highest BCUT2D eigenvalue weighted by Gasteiger charge is 2.17. The third-order valence-corrected chi connectivity index (χ3v) is 3.19. The highest BCUT2D eigenvalue weighted by Crippen LogP contribution is 2.21. The Labute approximate surface area is 106 Å². The average molecular weight is 234 g/mol. The second-order valence-electron chi connectivity index (χ2n) is 5.11. The number of benzene rings is 1. The highest BCUT2D eigenvalue weighted by atomic mass is 15.1. The molecule has 0 bridgehead atoms. The van der Waals surface area contributed by atoms with Gasteiger partial charge in [0.15, 0.2) is 0 Å². The maximum Gasteiger partial charge on any atom is 0.0491 e. The van der Waals surface area contributed by atoms with Crippen molar-refractivity contribution in [3.8, 4) is 0 Å². The molecule has 96 valence electrons. The topological polar surface area (TPSA) is 29.3 Å². The molecule has 0 aliphatic carbocycles.